The van der Waals surface area contributed by atoms with Gasteiger partial charge in [-0.25, -0.2) is 14.5 Å². The van der Waals surface area contributed by atoms with Gasteiger partial charge in [0, 0.05) is 12.6 Å². The highest BCUT2D eigenvalue weighted by atomic mass is 32.2. The normalized spacial score (nSPS) is 25.0. The third-order valence-corrected chi connectivity index (χ3v) is 4.50. The average molecular weight is 316 g/mol. The van der Waals surface area contributed by atoms with Crippen LogP contribution < -0.4 is 9.84 Å². The van der Waals surface area contributed by atoms with E-state index in [1.807, 2.05) is 7.05 Å². The summed E-state index contributed by atoms with van der Waals surface area (Å²) < 4.78 is 39.3. The van der Waals surface area contributed by atoms with E-state index >= 15 is 0 Å². The molecule has 1 N–H and O–H groups in total. The van der Waals surface area contributed by atoms with Crippen LogP contribution in [0, 0.1) is 5.95 Å². The van der Waals surface area contributed by atoms with E-state index in [1.165, 1.54) is 10.9 Å². The van der Waals surface area contributed by atoms with Crippen molar-refractivity contribution in [1.29, 1.82) is 0 Å². The van der Waals surface area contributed by atoms with Crippen LogP contribution in [0.1, 0.15) is 31.7 Å². The molecule has 1 saturated heterocycles. The van der Waals surface area contributed by atoms with E-state index in [4.69, 9.17) is 0 Å². The van der Waals surface area contributed by atoms with Crippen molar-refractivity contribution in [2.45, 2.75) is 37.8 Å². The van der Waals surface area contributed by atoms with Crippen molar-refractivity contribution in [3.8, 4) is 0 Å². The van der Waals surface area contributed by atoms with Gasteiger partial charge in [-0.2, -0.15) is 9.49 Å². The Kier molecular flexibility index (Phi) is 4.25. The summed E-state index contributed by atoms with van der Waals surface area (Å²) in [5.74, 6) is -0.599. The Morgan fingerprint density at radius 3 is 2.90 bits per heavy atom. The molecule has 1 aromatic heterocycles. The Bertz CT molecular complexity index is 536. The number of halogens is 1. The number of nitrogens with one attached hydrogen (secondary N) is 1. The summed E-state index contributed by atoms with van der Waals surface area (Å²) in [6.07, 6.45) is 4.88. The van der Waals surface area contributed by atoms with Crippen molar-refractivity contribution in [3.05, 3.63) is 12.1 Å². The first-order valence-electron chi connectivity index (χ1n) is 7.13. The summed E-state index contributed by atoms with van der Waals surface area (Å²) in [6.45, 7) is 1.72. The number of hydrazine groups is 1. The average Bonchev–Trinajstić information content (AvgIpc) is 3.20. The van der Waals surface area contributed by atoms with Crippen LogP contribution in [0.25, 0.3) is 0 Å². The number of anilines is 1. The molecule has 0 spiro atoms. The lowest BCUT2D eigenvalue weighted by Gasteiger charge is -2.35. The molecule has 0 bridgehead atoms. The van der Waals surface area contributed by atoms with Gasteiger partial charge in [0.15, 0.2) is 0 Å². The van der Waals surface area contributed by atoms with Crippen molar-refractivity contribution < 1.29 is 13.2 Å². The van der Waals surface area contributed by atoms with Crippen LogP contribution in [-0.4, -0.2) is 49.6 Å². The van der Waals surface area contributed by atoms with E-state index in [1.54, 1.807) is 0 Å². The predicted octanol–water partition coefficient (Wildman–Crippen LogP) is 0.556. The van der Waals surface area contributed by atoms with E-state index in [-0.39, 0.29) is 17.8 Å². The molecular formula is C12H19FN5O2S-. The number of likely N-dealkylation sites (N-methyl/N-ethyl adjacent to an activating group) is 1. The molecule has 1 saturated carbocycles. The Morgan fingerprint density at radius 2 is 2.29 bits per heavy atom. The summed E-state index contributed by atoms with van der Waals surface area (Å²) in [4.78, 5) is 2.12. The molecule has 0 radical (unpaired) electrons. The van der Waals surface area contributed by atoms with Crippen molar-refractivity contribution >= 4 is 17.0 Å². The summed E-state index contributed by atoms with van der Waals surface area (Å²) in [5, 5.41) is 3.97. The number of hydrogen-bond donors (Lipinski definition) is 1. The van der Waals surface area contributed by atoms with Crippen LogP contribution in [0.4, 0.5) is 10.1 Å². The molecule has 118 valence electrons. The van der Waals surface area contributed by atoms with Gasteiger partial charge in [-0.3, -0.25) is 4.21 Å². The monoisotopic (exact) mass is 316 g/mol. The summed E-state index contributed by atoms with van der Waals surface area (Å²) >= 11 is -2.60. The highest BCUT2D eigenvalue weighted by molar-refractivity contribution is 7.80. The molecule has 2 atom stereocenters. The molecule has 0 aromatic carbocycles. The number of piperidine rings is 1. The number of hydrogen-bond acceptors (Lipinski definition) is 5. The predicted molar refractivity (Wildman–Crippen MR) is 75.5 cm³/mol. The van der Waals surface area contributed by atoms with Gasteiger partial charge in [0.1, 0.15) is 5.69 Å². The maximum absolute atomic E-state index is 14.3. The molecule has 9 heteroatoms. The lowest BCUT2D eigenvalue weighted by molar-refractivity contribution is 0.229. The molecule has 2 fully saturated rings. The summed E-state index contributed by atoms with van der Waals surface area (Å²) in [6, 6.07) is 0.0480. The largest absolute Gasteiger partial charge is 0.754 e. The van der Waals surface area contributed by atoms with E-state index in [0.717, 1.165) is 43.2 Å². The van der Waals surface area contributed by atoms with Crippen molar-refractivity contribution in [2.24, 2.45) is 0 Å². The minimum absolute atomic E-state index is 0.0228. The highest BCUT2D eigenvalue weighted by Crippen LogP contribution is 2.36. The van der Waals surface area contributed by atoms with Crippen molar-refractivity contribution in [2.75, 3.05) is 24.6 Å². The minimum atomic E-state index is -2.60. The van der Waals surface area contributed by atoms with E-state index in [9.17, 15) is 13.2 Å². The minimum Gasteiger partial charge on any atom is -0.754 e. The molecular weight excluding hydrogens is 297 g/mol. The van der Waals surface area contributed by atoms with Gasteiger partial charge in [0.25, 0.3) is 0 Å². The lowest BCUT2D eigenvalue weighted by atomic mass is 10.1. The van der Waals surface area contributed by atoms with Gasteiger partial charge in [-0.05, 0) is 39.3 Å². The Morgan fingerprint density at radius 1 is 1.52 bits per heavy atom. The Balaban J connectivity index is 1.76. The van der Waals surface area contributed by atoms with Crippen LogP contribution >= 0.6 is 0 Å². The fraction of sp³-hybridized carbons (Fsp3) is 0.750. The Hall–Kier alpha value is -1.03. The summed E-state index contributed by atoms with van der Waals surface area (Å²) in [7, 11) is 1.98. The fourth-order valence-electron chi connectivity index (χ4n) is 2.68. The first kappa shape index (κ1) is 14.9. The molecule has 21 heavy (non-hydrogen) atoms. The van der Waals surface area contributed by atoms with E-state index in [0.29, 0.717) is 0 Å². The standard InChI is InChI=1S/C12H20FN5O2S/c1-16-6-2-3-9(8-16)15-18(21(19)20)11-7-14-17(12(11)13)10-4-5-10/h7,9-10,15H,2-6,8H2,1H3,(H,19,20)/p-1. The summed E-state index contributed by atoms with van der Waals surface area (Å²) in [5.41, 5.74) is 2.86. The van der Waals surface area contributed by atoms with Gasteiger partial charge in [0.05, 0.1) is 23.5 Å². The quantitative estimate of drug-likeness (QED) is 0.634. The van der Waals surface area contributed by atoms with Crippen LogP contribution in [0.15, 0.2) is 6.20 Å². The van der Waals surface area contributed by atoms with Gasteiger partial charge in [0.2, 0.25) is 5.95 Å². The number of likely N-dealkylation sites (tertiary alicyclic amines) is 1. The van der Waals surface area contributed by atoms with Crippen LogP contribution in [0.3, 0.4) is 0 Å². The van der Waals surface area contributed by atoms with E-state index < -0.39 is 17.2 Å². The zero-order valence-electron chi connectivity index (χ0n) is 11.9. The molecule has 7 nitrogen and oxygen atoms in total. The van der Waals surface area contributed by atoms with Gasteiger partial charge in [-0.1, -0.05) is 0 Å². The van der Waals surface area contributed by atoms with Gasteiger partial charge < -0.3 is 9.45 Å². The second-order valence-corrected chi connectivity index (χ2v) is 6.54. The first-order valence-corrected chi connectivity index (χ1v) is 8.16. The SMILES string of the molecule is CN1CCCC(NN(c2cnn(C3CC3)c2F)S(=O)[O-])C1. The number of nitrogens with zero attached hydrogens (tertiary/aromatic N) is 4. The zero-order valence-corrected chi connectivity index (χ0v) is 12.7. The lowest BCUT2D eigenvalue weighted by Crippen LogP contribution is -2.52. The molecule has 2 heterocycles. The second kappa shape index (κ2) is 5.99. The number of rotatable bonds is 5. The molecule has 3 rings (SSSR count). The molecule has 0 amide bonds. The van der Waals surface area contributed by atoms with Gasteiger partial charge >= 0.3 is 0 Å². The second-order valence-electron chi connectivity index (χ2n) is 5.74. The topological polar surface area (TPSA) is 76.5 Å². The molecule has 1 aromatic rings. The van der Waals surface area contributed by atoms with Crippen LogP contribution in [-0.2, 0) is 11.3 Å². The third-order valence-electron chi connectivity index (χ3n) is 3.90. The zero-order chi connectivity index (χ0) is 15.0. The molecule has 2 aliphatic rings. The van der Waals surface area contributed by atoms with Crippen LogP contribution in [0.5, 0.6) is 0 Å². The van der Waals surface area contributed by atoms with Crippen molar-refractivity contribution in [3.63, 3.8) is 0 Å². The maximum atomic E-state index is 14.3. The third kappa shape index (κ3) is 3.25. The van der Waals surface area contributed by atoms with Crippen LogP contribution in [0.2, 0.25) is 0 Å². The molecule has 2 unspecified atom stereocenters. The molecule has 1 aliphatic carbocycles. The maximum Gasteiger partial charge on any atom is 0.237 e. The Labute approximate surface area is 125 Å². The first-order chi connectivity index (χ1) is 10.1. The van der Waals surface area contributed by atoms with Gasteiger partial charge in [-0.15, -0.1) is 0 Å². The smallest absolute Gasteiger partial charge is 0.237 e. The molecule has 1 aliphatic heterocycles. The van der Waals surface area contributed by atoms with Crippen molar-refractivity contribution in [1.82, 2.24) is 20.1 Å². The fourth-order valence-corrected chi connectivity index (χ4v) is 3.20. The number of aromatic nitrogens is 2. The highest BCUT2D eigenvalue weighted by Gasteiger charge is 2.30. The van der Waals surface area contributed by atoms with E-state index in [2.05, 4.69) is 15.4 Å².